The van der Waals surface area contributed by atoms with Crippen molar-refractivity contribution in [2.75, 3.05) is 13.1 Å². The number of aryl methyl sites for hydroxylation is 1. The van der Waals surface area contributed by atoms with Gasteiger partial charge in [-0.15, -0.1) is 0 Å². The van der Waals surface area contributed by atoms with Crippen molar-refractivity contribution in [1.29, 1.82) is 0 Å². The monoisotopic (exact) mass is 209 g/mol. The smallest absolute Gasteiger partial charge is 0.257 e. The molecule has 1 aromatic rings. The predicted molar refractivity (Wildman–Crippen MR) is 58.4 cm³/mol. The Morgan fingerprint density at radius 2 is 1.93 bits per heavy atom. The minimum Gasteiger partial charge on any atom is -0.339 e. The van der Waals surface area contributed by atoms with Crippen LogP contribution in [0.15, 0.2) is 18.2 Å². The molecule has 0 heterocycles. The number of benzene rings is 1. The summed E-state index contributed by atoms with van der Waals surface area (Å²) in [6.07, 6.45) is 0. The third-order valence-electron chi connectivity index (χ3n) is 2.49. The summed E-state index contributed by atoms with van der Waals surface area (Å²) in [4.78, 5) is 13.6. The van der Waals surface area contributed by atoms with Crippen LogP contribution >= 0.6 is 0 Å². The van der Waals surface area contributed by atoms with Gasteiger partial charge in [0.05, 0.1) is 5.56 Å². The summed E-state index contributed by atoms with van der Waals surface area (Å²) in [7, 11) is 0. The molecule has 0 aliphatic heterocycles. The highest BCUT2D eigenvalue weighted by atomic mass is 19.1. The Morgan fingerprint density at radius 1 is 1.33 bits per heavy atom. The minimum atomic E-state index is -0.438. The first-order valence-corrected chi connectivity index (χ1v) is 5.16. The van der Waals surface area contributed by atoms with Crippen LogP contribution in [0.5, 0.6) is 0 Å². The predicted octanol–water partition coefficient (Wildman–Crippen LogP) is 2.62. The third-order valence-corrected chi connectivity index (χ3v) is 2.49. The van der Waals surface area contributed by atoms with Crippen molar-refractivity contribution in [2.24, 2.45) is 0 Å². The molecule has 1 rings (SSSR count). The molecule has 0 saturated carbocycles. The SMILES string of the molecule is CCN(CC)C(=O)c1c(C)cccc1F. The second-order valence-electron chi connectivity index (χ2n) is 3.41. The van der Waals surface area contributed by atoms with Gasteiger partial charge in [-0.3, -0.25) is 4.79 Å². The van der Waals surface area contributed by atoms with E-state index in [-0.39, 0.29) is 11.5 Å². The third kappa shape index (κ3) is 2.35. The lowest BCUT2D eigenvalue weighted by Crippen LogP contribution is -2.31. The summed E-state index contributed by atoms with van der Waals surface area (Å²) in [5, 5.41) is 0. The van der Waals surface area contributed by atoms with E-state index >= 15 is 0 Å². The van der Waals surface area contributed by atoms with Crippen molar-refractivity contribution in [1.82, 2.24) is 4.90 Å². The zero-order chi connectivity index (χ0) is 11.4. The molecule has 1 amide bonds. The number of rotatable bonds is 3. The highest BCUT2D eigenvalue weighted by Gasteiger charge is 2.18. The van der Waals surface area contributed by atoms with Gasteiger partial charge in [0, 0.05) is 13.1 Å². The fourth-order valence-corrected chi connectivity index (χ4v) is 1.57. The molecular formula is C12H16FNO. The summed E-state index contributed by atoms with van der Waals surface area (Å²) in [6, 6.07) is 4.69. The van der Waals surface area contributed by atoms with Gasteiger partial charge in [-0.1, -0.05) is 12.1 Å². The molecule has 0 bridgehead atoms. The second-order valence-corrected chi connectivity index (χ2v) is 3.41. The standard InChI is InChI=1S/C12H16FNO/c1-4-14(5-2)12(15)11-9(3)7-6-8-10(11)13/h6-8H,4-5H2,1-3H3. The van der Waals surface area contributed by atoms with Gasteiger partial charge in [-0.05, 0) is 32.4 Å². The molecule has 3 heteroatoms. The number of hydrogen-bond donors (Lipinski definition) is 0. The molecule has 0 aliphatic rings. The Bertz CT molecular complexity index is 338. The van der Waals surface area contributed by atoms with Gasteiger partial charge in [0.2, 0.25) is 0 Å². The van der Waals surface area contributed by atoms with Crippen molar-refractivity contribution in [3.63, 3.8) is 0 Å². The van der Waals surface area contributed by atoms with E-state index < -0.39 is 5.82 Å². The first-order chi connectivity index (χ1) is 7.11. The molecule has 0 fully saturated rings. The molecule has 0 atom stereocenters. The second kappa shape index (κ2) is 4.91. The number of carbonyl (C=O) groups excluding carboxylic acids is 1. The lowest BCUT2D eigenvalue weighted by atomic mass is 10.1. The number of carbonyl (C=O) groups is 1. The van der Waals surface area contributed by atoms with Gasteiger partial charge in [0.1, 0.15) is 5.82 Å². The first kappa shape index (κ1) is 11.7. The van der Waals surface area contributed by atoms with Crippen molar-refractivity contribution >= 4 is 5.91 Å². The summed E-state index contributed by atoms with van der Waals surface area (Å²) in [5.41, 5.74) is 0.883. The molecule has 82 valence electrons. The fourth-order valence-electron chi connectivity index (χ4n) is 1.57. The summed E-state index contributed by atoms with van der Waals surface area (Å²) in [6.45, 7) is 6.72. The molecule has 1 aromatic carbocycles. The Labute approximate surface area is 89.7 Å². The molecular weight excluding hydrogens is 193 g/mol. The molecule has 0 spiro atoms. The molecule has 2 nitrogen and oxygen atoms in total. The molecule has 0 N–H and O–H groups in total. The zero-order valence-corrected chi connectivity index (χ0v) is 9.38. The van der Waals surface area contributed by atoms with Crippen LogP contribution in [-0.4, -0.2) is 23.9 Å². The van der Waals surface area contributed by atoms with Crippen LogP contribution < -0.4 is 0 Å². The lowest BCUT2D eigenvalue weighted by Gasteiger charge is -2.19. The quantitative estimate of drug-likeness (QED) is 0.749. The van der Waals surface area contributed by atoms with Crippen molar-refractivity contribution in [3.05, 3.63) is 35.1 Å². The lowest BCUT2D eigenvalue weighted by molar-refractivity contribution is 0.0767. The maximum Gasteiger partial charge on any atom is 0.257 e. The van der Waals surface area contributed by atoms with Gasteiger partial charge < -0.3 is 4.90 Å². The number of amides is 1. The van der Waals surface area contributed by atoms with Crippen LogP contribution in [-0.2, 0) is 0 Å². The van der Waals surface area contributed by atoms with Crippen LogP contribution in [0.25, 0.3) is 0 Å². The number of nitrogens with zero attached hydrogens (tertiary/aromatic N) is 1. The largest absolute Gasteiger partial charge is 0.339 e. The molecule has 0 radical (unpaired) electrons. The maximum absolute atomic E-state index is 13.5. The van der Waals surface area contributed by atoms with E-state index in [0.29, 0.717) is 18.7 Å². The maximum atomic E-state index is 13.5. The van der Waals surface area contributed by atoms with Crippen LogP contribution in [0.4, 0.5) is 4.39 Å². The van der Waals surface area contributed by atoms with E-state index in [1.165, 1.54) is 6.07 Å². The van der Waals surface area contributed by atoms with E-state index in [9.17, 15) is 9.18 Å². The van der Waals surface area contributed by atoms with E-state index in [0.717, 1.165) is 0 Å². The topological polar surface area (TPSA) is 20.3 Å². The minimum absolute atomic E-state index is 0.196. The first-order valence-electron chi connectivity index (χ1n) is 5.16. The van der Waals surface area contributed by atoms with Crippen molar-refractivity contribution < 1.29 is 9.18 Å². The van der Waals surface area contributed by atoms with Crippen molar-refractivity contribution in [3.8, 4) is 0 Å². The summed E-state index contributed by atoms with van der Waals surface area (Å²) in [5.74, 6) is -0.664. The highest BCUT2D eigenvalue weighted by Crippen LogP contribution is 2.15. The molecule has 0 unspecified atom stereocenters. The molecule has 15 heavy (non-hydrogen) atoms. The van der Waals surface area contributed by atoms with E-state index in [4.69, 9.17) is 0 Å². The Hall–Kier alpha value is -1.38. The Kier molecular flexibility index (Phi) is 3.83. The normalized spacial score (nSPS) is 10.1. The van der Waals surface area contributed by atoms with Gasteiger partial charge in [0.25, 0.3) is 5.91 Å². The number of hydrogen-bond acceptors (Lipinski definition) is 1. The van der Waals surface area contributed by atoms with E-state index in [1.54, 1.807) is 24.0 Å². The Morgan fingerprint density at radius 3 is 2.40 bits per heavy atom. The van der Waals surface area contributed by atoms with Gasteiger partial charge in [-0.25, -0.2) is 4.39 Å². The van der Waals surface area contributed by atoms with Crippen LogP contribution in [0.2, 0.25) is 0 Å². The Balaban J connectivity index is 3.10. The summed E-state index contributed by atoms with van der Waals surface area (Å²) >= 11 is 0. The molecule has 0 saturated heterocycles. The van der Waals surface area contributed by atoms with Crippen LogP contribution in [0.1, 0.15) is 29.8 Å². The van der Waals surface area contributed by atoms with Gasteiger partial charge in [-0.2, -0.15) is 0 Å². The van der Waals surface area contributed by atoms with Gasteiger partial charge >= 0.3 is 0 Å². The van der Waals surface area contributed by atoms with Crippen molar-refractivity contribution in [2.45, 2.75) is 20.8 Å². The number of halogens is 1. The van der Waals surface area contributed by atoms with E-state index in [2.05, 4.69) is 0 Å². The van der Waals surface area contributed by atoms with Gasteiger partial charge in [0.15, 0.2) is 0 Å². The molecule has 0 aliphatic carbocycles. The van der Waals surface area contributed by atoms with Crippen LogP contribution in [0.3, 0.4) is 0 Å². The fraction of sp³-hybridized carbons (Fsp3) is 0.417. The molecule has 0 aromatic heterocycles. The average Bonchev–Trinajstić information content (AvgIpc) is 2.19. The van der Waals surface area contributed by atoms with Crippen LogP contribution in [0, 0.1) is 12.7 Å². The average molecular weight is 209 g/mol. The zero-order valence-electron chi connectivity index (χ0n) is 9.38. The van der Waals surface area contributed by atoms with E-state index in [1.807, 2.05) is 13.8 Å². The highest BCUT2D eigenvalue weighted by molar-refractivity contribution is 5.95. The summed E-state index contributed by atoms with van der Waals surface area (Å²) < 4.78 is 13.5.